The minimum atomic E-state index is -0.564. The van der Waals surface area contributed by atoms with Crippen LogP contribution in [0.3, 0.4) is 0 Å². The van der Waals surface area contributed by atoms with E-state index in [1.807, 2.05) is 50.3 Å². The minimum Gasteiger partial charge on any atom is -0.350 e. The molecule has 0 aliphatic carbocycles. The van der Waals surface area contributed by atoms with E-state index in [0.717, 1.165) is 5.56 Å². The molecule has 0 fully saturated rings. The molecule has 4 N–H and O–H groups in total. The van der Waals surface area contributed by atoms with Crippen molar-refractivity contribution in [1.82, 2.24) is 15.5 Å². The summed E-state index contributed by atoms with van der Waals surface area (Å²) in [5.74, 6) is -0.202. The summed E-state index contributed by atoms with van der Waals surface area (Å²) in [7, 11) is 0. The Labute approximate surface area is 143 Å². The molecule has 0 radical (unpaired) electrons. The zero-order chi connectivity index (χ0) is 17.5. The molecule has 2 atom stereocenters. The lowest BCUT2D eigenvalue weighted by molar-refractivity contribution is -0.126. The van der Waals surface area contributed by atoms with Gasteiger partial charge >= 0.3 is 6.03 Å². The summed E-state index contributed by atoms with van der Waals surface area (Å²) in [5.41, 5.74) is 6.95. The maximum absolute atomic E-state index is 12.8. The van der Waals surface area contributed by atoms with E-state index in [1.54, 1.807) is 6.20 Å². The topological polar surface area (TPSA) is 87.5 Å². The lowest BCUT2D eigenvalue weighted by atomic mass is 10.00. The molecule has 0 bridgehead atoms. The first kappa shape index (κ1) is 18.0. The summed E-state index contributed by atoms with van der Waals surface area (Å²) in [6.45, 7) is 4.68. The van der Waals surface area contributed by atoms with Crippen molar-refractivity contribution in [2.75, 3.05) is 13.1 Å². The van der Waals surface area contributed by atoms with Gasteiger partial charge in [0.25, 0.3) is 0 Å². The monoisotopic (exact) mass is 330 g/mol. The second-order valence-electron chi connectivity index (χ2n) is 6.30. The van der Waals surface area contributed by atoms with Crippen LogP contribution in [0, 0.1) is 5.92 Å². The Morgan fingerprint density at radius 3 is 2.62 bits per heavy atom. The Morgan fingerprint density at radius 2 is 2.04 bits per heavy atom. The van der Waals surface area contributed by atoms with Crippen LogP contribution in [0.2, 0.25) is 0 Å². The molecule has 0 saturated carbocycles. The van der Waals surface area contributed by atoms with Crippen LogP contribution in [0.1, 0.15) is 19.4 Å². The molecule has 130 valence electrons. The SMILES string of the molecule is CC(C)C(C(=O)NC(CN)Cc1ccccc1)N1C=CCNC1=O. The normalized spacial score (nSPS) is 16.7. The number of nitrogens with two attached hydrogens (primary N) is 1. The van der Waals surface area contributed by atoms with Crippen molar-refractivity contribution in [2.24, 2.45) is 11.7 Å². The molecule has 2 unspecified atom stereocenters. The van der Waals surface area contributed by atoms with Gasteiger partial charge < -0.3 is 16.4 Å². The molecule has 0 saturated heterocycles. The molecule has 1 aliphatic heterocycles. The quantitative estimate of drug-likeness (QED) is 0.703. The summed E-state index contributed by atoms with van der Waals surface area (Å²) < 4.78 is 0. The molecule has 1 aromatic carbocycles. The summed E-state index contributed by atoms with van der Waals surface area (Å²) in [6.07, 6.45) is 4.17. The van der Waals surface area contributed by atoms with E-state index in [-0.39, 0.29) is 23.9 Å². The zero-order valence-electron chi connectivity index (χ0n) is 14.2. The number of amides is 3. The largest absolute Gasteiger partial charge is 0.350 e. The van der Waals surface area contributed by atoms with Crippen LogP contribution < -0.4 is 16.4 Å². The molecule has 1 aromatic rings. The third kappa shape index (κ3) is 4.58. The number of rotatable bonds is 7. The predicted molar refractivity (Wildman–Crippen MR) is 94.1 cm³/mol. The fourth-order valence-corrected chi connectivity index (χ4v) is 2.82. The molecule has 1 aliphatic rings. The highest BCUT2D eigenvalue weighted by Gasteiger charge is 2.33. The summed E-state index contributed by atoms with van der Waals surface area (Å²) >= 11 is 0. The van der Waals surface area contributed by atoms with Crippen molar-refractivity contribution >= 4 is 11.9 Å². The van der Waals surface area contributed by atoms with Gasteiger partial charge in [-0.15, -0.1) is 0 Å². The average Bonchev–Trinajstić information content (AvgIpc) is 2.57. The highest BCUT2D eigenvalue weighted by Crippen LogP contribution is 2.15. The van der Waals surface area contributed by atoms with Crippen LogP contribution in [0.5, 0.6) is 0 Å². The Hall–Kier alpha value is -2.34. The van der Waals surface area contributed by atoms with Crippen molar-refractivity contribution < 1.29 is 9.59 Å². The molecule has 24 heavy (non-hydrogen) atoms. The first-order chi connectivity index (χ1) is 11.5. The van der Waals surface area contributed by atoms with Crippen LogP contribution in [0.25, 0.3) is 0 Å². The smallest absolute Gasteiger partial charge is 0.322 e. The number of urea groups is 1. The van der Waals surface area contributed by atoms with Crippen molar-refractivity contribution in [3.05, 3.63) is 48.2 Å². The minimum absolute atomic E-state index is 0.0198. The first-order valence-corrected chi connectivity index (χ1v) is 8.30. The molecular formula is C18H26N4O2. The van der Waals surface area contributed by atoms with E-state index < -0.39 is 6.04 Å². The van der Waals surface area contributed by atoms with Gasteiger partial charge in [-0.25, -0.2) is 4.79 Å². The van der Waals surface area contributed by atoms with Crippen molar-refractivity contribution in [3.8, 4) is 0 Å². The number of nitrogens with zero attached hydrogens (tertiary/aromatic N) is 1. The molecular weight excluding hydrogens is 304 g/mol. The molecule has 3 amide bonds. The van der Waals surface area contributed by atoms with Crippen LogP contribution in [0.15, 0.2) is 42.6 Å². The Kier molecular flexibility index (Phi) is 6.37. The van der Waals surface area contributed by atoms with Crippen molar-refractivity contribution in [1.29, 1.82) is 0 Å². The van der Waals surface area contributed by atoms with Gasteiger partial charge in [-0.3, -0.25) is 9.69 Å². The summed E-state index contributed by atoms with van der Waals surface area (Å²) in [4.78, 5) is 26.3. The van der Waals surface area contributed by atoms with E-state index in [2.05, 4.69) is 10.6 Å². The highest BCUT2D eigenvalue weighted by molar-refractivity contribution is 5.88. The maximum atomic E-state index is 12.8. The van der Waals surface area contributed by atoms with E-state index in [0.29, 0.717) is 19.5 Å². The molecule has 0 spiro atoms. The van der Waals surface area contributed by atoms with Gasteiger partial charge in [-0.2, -0.15) is 0 Å². The van der Waals surface area contributed by atoms with Crippen LogP contribution in [-0.4, -0.2) is 42.0 Å². The lowest BCUT2D eigenvalue weighted by Crippen LogP contribution is -2.56. The summed E-state index contributed by atoms with van der Waals surface area (Å²) in [6, 6.07) is 8.92. The van der Waals surface area contributed by atoms with Gasteiger partial charge in [0.2, 0.25) is 5.91 Å². The zero-order valence-corrected chi connectivity index (χ0v) is 14.2. The van der Waals surface area contributed by atoms with Gasteiger partial charge in [0.1, 0.15) is 6.04 Å². The Balaban J connectivity index is 2.07. The van der Waals surface area contributed by atoms with Crippen molar-refractivity contribution in [2.45, 2.75) is 32.4 Å². The molecule has 1 heterocycles. The van der Waals surface area contributed by atoms with Gasteiger partial charge in [0, 0.05) is 25.3 Å². The highest BCUT2D eigenvalue weighted by atomic mass is 16.2. The lowest BCUT2D eigenvalue weighted by Gasteiger charge is -2.33. The predicted octanol–water partition coefficient (Wildman–Crippen LogP) is 1.24. The molecule has 6 nitrogen and oxygen atoms in total. The van der Waals surface area contributed by atoms with E-state index >= 15 is 0 Å². The van der Waals surface area contributed by atoms with E-state index in [4.69, 9.17) is 5.73 Å². The standard InChI is InChI=1S/C18H26N4O2/c1-13(2)16(22-10-6-9-20-18(22)24)17(23)21-15(12-19)11-14-7-4-3-5-8-14/h3-8,10,13,15-16H,9,11-12,19H2,1-2H3,(H,20,24)(H,21,23). The third-order valence-corrected chi connectivity index (χ3v) is 4.03. The van der Waals surface area contributed by atoms with Crippen molar-refractivity contribution in [3.63, 3.8) is 0 Å². The number of benzene rings is 1. The second-order valence-corrected chi connectivity index (χ2v) is 6.30. The van der Waals surface area contributed by atoms with Gasteiger partial charge in [0.05, 0.1) is 0 Å². The van der Waals surface area contributed by atoms with Gasteiger partial charge in [-0.05, 0) is 24.0 Å². The van der Waals surface area contributed by atoms with Gasteiger partial charge in [0.15, 0.2) is 0 Å². The molecule has 6 heteroatoms. The van der Waals surface area contributed by atoms with Crippen LogP contribution in [-0.2, 0) is 11.2 Å². The maximum Gasteiger partial charge on any atom is 0.322 e. The second kappa shape index (κ2) is 8.49. The number of carbonyl (C=O) groups excluding carboxylic acids is 2. The van der Waals surface area contributed by atoms with E-state index in [1.165, 1.54) is 4.90 Å². The number of hydrogen-bond acceptors (Lipinski definition) is 3. The van der Waals surface area contributed by atoms with E-state index in [9.17, 15) is 9.59 Å². The Bertz CT molecular complexity index is 586. The van der Waals surface area contributed by atoms with Crippen LogP contribution in [0.4, 0.5) is 4.79 Å². The number of hydrogen-bond donors (Lipinski definition) is 3. The van der Waals surface area contributed by atoms with Crippen LogP contribution >= 0.6 is 0 Å². The fraction of sp³-hybridized carbons (Fsp3) is 0.444. The Morgan fingerprint density at radius 1 is 1.33 bits per heavy atom. The first-order valence-electron chi connectivity index (χ1n) is 8.30. The third-order valence-electron chi connectivity index (χ3n) is 4.03. The summed E-state index contributed by atoms with van der Waals surface area (Å²) in [5, 5.41) is 5.72. The average molecular weight is 330 g/mol. The number of nitrogens with one attached hydrogen (secondary N) is 2. The fourth-order valence-electron chi connectivity index (χ4n) is 2.82. The number of carbonyl (C=O) groups is 2. The molecule has 2 rings (SSSR count). The molecule has 0 aromatic heterocycles. The van der Waals surface area contributed by atoms with Gasteiger partial charge in [-0.1, -0.05) is 44.2 Å².